The van der Waals surface area contributed by atoms with Crippen LogP contribution >= 0.6 is 7.14 Å². The molecule has 0 radical (unpaired) electrons. The molecular weight excluding hydrogens is 176 g/mol. The molecule has 0 aliphatic carbocycles. The highest BCUT2D eigenvalue weighted by atomic mass is 31.2. The molecule has 0 saturated carbocycles. The van der Waals surface area contributed by atoms with E-state index in [-0.39, 0.29) is 19.0 Å². The average molecular weight is 182 g/mol. The molecule has 5 heteroatoms. The molecule has 0 aromatic carbocycles. The smallest absolute Gasteiger partial charge is 0.157 e. The van der Waals surface area contributed by atoms with Crippen molar-refractivity contribution in [3.63, 3.8) is 0 Å². The molecule has 0 rings (SSSR count). The standard InChI is InChI=1S/C6H6F3OP/c7-1-4-11(10,5-2-8)6-3-9/h1-6H/b4-1+,5-2+,6-3+. The second kappa shape index (κ2) is 4.97. The van der Waals surface area contributed by atoms with Gasteiger partial charge >= 0.3 is 0 Å². The fourth-order valence-electron chi connectivity index (χ4n) is 0.413. The first-order chi connectivity index (χ1) is 5.18. The summed E-state index contributed by atoms with van der Waals surface area (Å²) >= 11 is 0. The summed E-state index contributed by atoms with van der Waals surface area (Å²) in [5, 5.41) is 0. The van der Waals surface area contributed by atoms with Crippen molar-refractivity contribution in [2.75, 3.05) is 0 Å². The Labute approximate surface area is 62.3 Å². The molecule has 11 heavy (non-hydrogen) atoms. The average Bonchev–Trinajstić information content (AvgIpc) is 1.88. The maximum absolute atomic E-state index is 11.5. The molecule has 0 aliphatic heterocycles. The van der Waals surface area contributed by atoms with Gasteiger partial charge in [0.2, 0.25) is 0 Å². The third-order valence-corrected chi connectivity index (χ3v) is 2.60. The van der Waals surface area contributed by atoms with Crippen LogP contribution in [0.3, 0.4) is 0 Å². The van der Waals surface area contributed by atoms with Crippen LogP contribution in [0.15, 0.2) is 36.4 Å². The minimum absolute atomic E-state index is 0.0131. The van der Waals surface area contributed by atoms with E-state index in [0.29, 0.717) is 17.5 Å². The minimum Gasteiger partial charge on any atom is -0.310 e. The fraction of sp³-hybridized carbons (Fsp3) is 0. The molecule has 62 valence electrons. The fourth-order valence-corrected chi connectivity index (χ4v) is 1.24. The lowest BCUT2D eigenvalue weighted by Crippen LogP contribution is -1.62. The first-order valence-electron chi connectivity index (χ1n) is 2.61. The Bertz CT molecular complexity index is 194. The molecule has 0 aliphatic rings. The summed E-state index contributed by atoms with van der Waals surface area (Å²) in [5.41, 5.74) is 0. The molecule has 0 heterocycles. The summed E-state index contributed by atoms with van der Waals surface area (Å²) in [4.78, 5) is 0. The van der Waals surface area contributed by atoms with Gasteiger partial charge in [0.25, 0.3) is 0 Å². The van der Waals surface area contributed by atoms with E-state index in [4.69, 9.17) is 0 Å². The summed E-state index contributed by atoms with van der Waals surface area (Å²) in [5.74, 6) is 1.79. The molecule has 0 bridgehead atoms. The number of halogens is 3. The zero-order valence-electron chi connectivity index (χ0n) is 5.45. The molecule has 0 fully saturated rings. The van der Waals surface area contributed by atoms with Crippen LogP contribution in [-0.2, 0) is 4.57 Å². The summed E-state index contributed by atoms with van der Waals surface area (Å²) in [7, 11) is -3.39. The highest BCUT2D eigenvalue weighted by Crippen LogP contribution is 2.50. The summed E-state index contributed by atoms with van der Waals surface area (Å²) in [6.45, 7) is 0. The predicted octanol–water partition coefficient (Wildman–Crippen LogP) is 3.67. The van der Waals surface area contributed by atoms with Crippen molar-refractivity contribution in [2.24, 2.45) is 0 Å². The SMILES string of the molecule is O=P(/C=C/F)(/C=C/F)/C=C/F. The first kappa shape index (κ1) is 10.2. The lowest BCUT2D eigenvalue weighted by molar-refractivity contribution is 0.589. The van der Waals surface area contributed by atoms with Crippen molar-refractivity contribution in [1.29, 1.82) is 0 Å². The Balaban J connectivity index is 4.67. The van der Waals surface area contributed by atoms with Gasteiger partial charge in [-0.1, -0.05) is 0 Å². The van der Waals surface area contributed by atoms with Gasteiger partial charge in [-0.3, -0.25) is 0 Å². The van der Waals surface area contributed by atoms with E-state index in [9.17, 15) is 17.7 Å². The van der Waals surface area contributed by atoms with Gasteiger partial charge in [-0.25, -0.2) is 13.2 Å². The second-order valence-electron chi connectivity index (χ2n) is 1.59. The largest absolute Gasteiger partial charge is 0.310 e. The van der Waals surface area contributed by atoms with Crippen LogP contribution in [0.25, 0.3) is 0 Å². The van der Waals surface area contributed by atoms with E-state index in [0.717, 1.165) is 0 Å². The van der Waals surface area contributed by atoms with Crippen molar-refractivity contribution in [3.05, 3.63) is 36.4 Å². The maximum atomic E-state index is 11.5. The lowest BCUT2D eigenvalue weighted by Gasteiger charge is -1.97. The van der Waals surface area contributed by atoms with Crippen LogP contribution in [0.1, 0.15) is 0 Å². The Morgan fingerprint density at radius 3 is 1.27 bits per heavy atom. The van der Waals surface area contributed by atoms with Gasteiger partial charge in [-0.2, -0.15) is 0 Å². The zero-order chi connectivity index (χ0) is 8.74. The highest BCUT2D eigenvalue weighted by Gasteiger charge is 2.09. The molecule has 0 saturated heterocycles. The third kappa shape index (κ3) is 3.83. The highest BCUT2D eigenvalue weighted by molar-refractivity contribution is 7.73. The van der Waals surface area contributed by atoms with E-state index in [1.165, 1.54) is 0 Å². The van der Waals surface area contributed by atoms with Gasteiger partial charge in [0.1, 0.15) is 0 Å². The van der Waals surface area contributed by atoms with Crippen molar-refractivity contribution in [3.8, 4) is 0 Å². The molecule has 0 aromatic heterocycles. The summed E-state index contributed by atoms with van der Waals surface area (Å²) in [6, 6.07) is 0. The van der Waals surface area contributed by atoms with Gasteiger partial charge in [-0.05, 0) is 0 Å². The molecule has 1 nitrogen and oxygen atoms in total. The topological polar surface area (TPSA) is 17.1 Å². The quantitative estimate of drug-likeness (QED) is 0.608. The van der Waals surface area contributed by atoms with Crippen molar-refractivity contribution >= 4 is 7.14 Å². The molecule has 0 unspecified atom stereocenters. The molecular formula is C6H6F3OP. The monoisotopic (exact) mass is 182 g/mol. The van der Waals surface area contributed by atoms with Gasteiger partial charge in [0, 0.05) is 17.5 Å². The van der Waals surface area contributed by atoms with Crippen molar-refractivity contribution in [1.82, 2.24) is 0 Å². The zero-order valence-corrected chi connectivity index (χ0v) is 6.35. The van der Waals surface area contributed by atoms with Gasteiger partial charge in [0.05, 0.1) is 19.0 Å². The van der Waals surface area contributed by atoms with E-state index in [1.807, 2.05) is 0 Å². The van der Waals surface area contributed by atoms with E-state index < -0.39 is 7.14 Å². The molecule has 0 amide bonds. The molecule has 0 spiro atoms. The Hall–Kier alpha value is -0.760. The van der Waals surface area contributed by atoms with Gasteiger partial charge in [0.15, 0.2) is 7.14 Å². The van der Waals surface area contributed by atoms with Crippen molar-refractivity contribution < 1.29 is 17.7 Å². The van der Waals surface area contributed by atoms with Crippen LogP contribution in [0.5, 0.6) is 0 Å². The van der Waals surface area contributed by atoms with Crippen LogP contribution < -0.4 is 0 Å². The summed E-state index contributed by atoms with van der Waals surface area (Å²) in [6.07, 6.45) is -0.0394. The third-order valence-electron chi connectivity index (χ3n) is 0.868. The minimum atomic E-state index is -3.39. The van der Waals surface area contributed by atoms with Gasteiger partial charge in [-0.15, -0.1) is 0 Å². The maximum Gasteiger partial charge on any atom is 0.157 e. The Kier molecular flexibility index (Phi) is 4.62. The molecule has 0 aromatic rings. The normalized spacial score (nSPS) is 14.1. The Morgan fingerprint density at radius 1 is 0.818 bits per heavy atom. The van der Waals surface area contributed by atoms with E-state index >= 15 is 0 Å². The molecule has 0 atom stereocenters. The van der Waals surface area contributed by atoms with Crippen LogP contribution in [0.4, 0.5) is 13.2 Å². The van der Waals surface area contributed by atoms with Gasteiger partial charge < -0.3 is 4.57 Å². The lowest BCUT2D eigenvalue weighted by atomic mass is 11.2. The van der Waals surface area contributed by atoms with Crippen LogP contribution in [-0.4, -0.2) is 0 Å². The first-order valence-corrected chi connectivity index (χ1v) is 4.53. The predicted molar refractivity (Wildman–Crippen MR) is 38.4 cm³/mol. The number of hydrogen-bond acceptors (Lipinski definition) is 1. The van der Waals surface area contributed by atoms with E-state index in [2.05, 4.69) is 0 Å². The Morgan fingerprint density at radius 2 is 1.09 bits per heavy atom. The number of rotatable bonds is 3. The summed E-state index contributed by atoms with van der Waals surface area (Å²) < 4.78 is 45.4. The molecule has 0 N–H and O–H groups in total. The van der Waals surface area contributed by atoms with Crippen molar-refractivity contribution in [2.45, 2.75) is 0 Å². The van der Waals surface area contributed by atoms with Crippen LogP contribution in [0, 0.1) is 0 Å². The second-order valence-corrected chi connectivity index (χ2v) is 4.01. The van der Waals surface area contributed by atoms with E-state index in [1.54, 1.807) is 0 Å². The number of hydrogen-bond donors (Lipinski definition) is 0. The van der Waals surface area contributed by atoms with Crippen LogP contribution in [0.2, 0.25) is 0 Å².